The number of halogens is 2. The summed E-state index contributed by atoms with van der Waals surface area (Å²) in [5.41, 5.74) is 0.806. The van der Waals surface area contributed by atoms with Crippen molar-refractivity contribution in [1.82, 2.24) is 5.32 Å². The summed E-state index contributed by atoms with van der Waals surface area (Å²) in [6.45, 7) is 2.81. The van der Waals surface area contributed by atoms with E-state index in [0.717, 1.165) is 24.9 Å². The summed E-state index contributed by atoms with van der Waals surface area (Å²) in [5.74, 6) is -0.00216. The van der Waals surface area contributed by atoms with Crippen molar-refractivity contribution in [2.45, 2.75) is 26.2 Å². The summed E-state index contributed by atoms with van der Waals surface area (Å²) < 4.78 is 0. The third-order valence-corrected chi connectivity index (χ3v) is 2.81. The van der Waals surface area contributed by atoms with Crippen molar-refractivity contribution in [3.63, 3.8) is 0 Å². The van der Waals surface area contributed by atoms with Crippen molar-refractivity contribution in [2.24, 2.45) is 0 Å². The second-order valence-corrected chi connectivity index (χ2v) is 4.46. The Morgan fingerprint density at radius 1 is 1.38 bits per heavy atom. The van der Waals surface area contributed by atoms with Crippen LogP contribution in [-0.4, -0.2) is 12.5 Å². The van der Waals surface area contributed by atoms with Crippen molar-refractivity contribution in [1.29, 1.82) is 0 Å². The molecule has 16 heavy (non-hydrogen) atoms. The van der Waals surface area contributed by atoms with Gasteiger partial charge in [0.15, 0.2) is 0 Å². The minimum Gasteiger partial charge on any atom is -0.356 e. The molecule has 1 N–H and O–H groups in total. The average Bonchev–Trinajstić information content (AvgIpc) is 2.23. The van der Waals surface area contributed by atoms with E-state index in [1.54, 1.807) is 18.2 Å². The molecule has 0 aromatic heterocycles. The highest BCUT2D eigenvalue weighted by Crippen LogP contribution is 2.21. The first-order chi connectivity index (χ1) is 7.63. The molecule has 0 aliphatic rings. The number of rotatable bonds is 5. The smallest absolute Gasteiger partial charge is 0.224 e. The maximum atomic E-state index is 11.5. The fraction of sp³-hybridized carbons (Fsp3) is 0.417. The maximum absolute atomic E-state index is 11.5. The number of amides is 1. The summed E-state index contributed by atoms with van der Waals surface area (Å²) in [6.07, 6.45) is 2.38. The summed E-state index contributed by atoms with van der Waals surface area (Å²) in [7, 11) is 0. The molecule has 0 saturated carbocycles. The van der Waals surface area contributed by atoms with E-state index in [2.05, 4.69) is 12.2 Å². The van der Waals surface area contributed by atoms with Gasteiger partial charge in [0.25, 0.3) is 0 Å². The number of carbonyl (C=O) groups excluding carboxylic acids is 1. The number of benzene rings is 1. The fourth-order valence-electron chi connectivity index (χ4n) is 1.31. The molecule has 2 nitrogen and oxygen atoms in total. The van der Waals surface area contributed by atoms with Crippen molar-refractivity contribution >= 4 is 29.1 Å². The van der Waals surface area contributed by atoms with Crippen LogP contribution in [0, 0.1) is 0 Å². The molecule has 0 fully saturated rings. The number of nitrogens with one attached hydrogen (secondary N) is 1. The molecule has 0 heterocycles. The van der Waals surface area contributed by atoms with Gasteiger partial charge in [0.2, 0.25) is 5.91 Å². The topological polar surface area (TPSA) is 29.1 Å². The zero-order chi connectivity index (χ0) is 12.0. The zero-order valence-corrected chi connectivity index (χ0v) is 10.7. The van der Waals surface area contributed by atoms with Gasteiger partial charge in [-0.3, -0.25) is 4.79 Å². The molecule has 0 saturated heterocycles. The Bertz CT molecular complexity index is 366. The first-order valence-electron chi connectivity index (χ1n) is 5.34. The van der Waals surface area contributed by atoms with Gasteiger partial charge in [0.1, 0.15) is 0 Å². The number of carbonyl (C=O) groups is 1. The Hall–Kier alpha value is -0.730. The van der Waals surface area contributed by atoms with Gasteiger partial charge in [0.05, 0.1) is 6.42 Å². The lowest BCUT2D eigenvalue weighted by Crippen LogP contribution is -2.26. The minimum atomic E-state index is -0.00216. The third-order valence-electron chi connectivity index (χ3n) is 2.22. The molecule has 0 aliphatic heterocycles. The van der Waals surface area contributed by atoms with E-state index in [0.29, 0.717) is 16.5 Å². The van der Waals surface area contributed by atoms with E-state index in [4.69, 9.17) is 23.2 Å². The Morgan fingerprint density at radius 3 is 2.75 bits per heavy atom. The van der Waals surface area contributed by atoms with Crippen LogP contribution in [0.15, 0.2) is 18.2 Å². The molecule has 88 valence electrons. The van der Waals surface area contributed by atoms with Crippen molar-refractivity contribution in [3.8, 4) is 0 Å². The van der Waals surface area contributed by atoms with Crippen molar-refractivity contribution in [3.05, 3.63) is 33.8 Å². The Kier molecular flexibility index (Phi) is 5.64. The lowest BCUT2D eigenvalue weighted by Gasteiger charge is -2.06. The van der Waals surface area contributed by atoms with E-state index in [9.17, 15) is 4.79 Å². The molecular weight excluding hydrogens is 245 g/mol. The van der Waals surface area contributed by atoms with Gasteiger partial charge in [-0.25, -0.2) is 0 Å². The van der Waals surface area contributed by atoms with Crippen LogP contribution >= 0.6 is 23.2 Å². The first-order valence-corrected chi connectivity index (χ1v) is 6.09. The van der Waals surface area contributed by atoms with Crippen LogP contribution in [-0.2, 0) is 11.2 Å². The lowest BCUT2D eigenvalue weighted by molar-refractivity contribution is -0.120. The normalized spacial score (nSPS) is 10.2. The van der Waals surface area contributed by atoms with E-state index in [1.165, 1.54) is 0 Å². The lowest BCUT2D eigenvalue weighted by atomic mass is 10.1. The van der Waals surface area contributed by atoms with Gasteiger partial charge < -0.3 is 5.32 Å². The van der Waals surface area contributed by atoms with Crippen molar-refractivity contribution < 1.29 is 4.79 Å². The van der Waals surface area contributed by atoms with E-state index in [1.807, 2.05) is 0 Å². The highest BCUT2D eigenvalue weighted by Gasteiger charge is 2.06. The fourth-order valence-corrected chi connectivity index (χ4v) is 1.78. The highest BCUT2D eigenvalue weighted by molar-refractivity contribution is 6.35. The number of hydrogen-bond donors (Lipinski definition) is 1. The average molecular weight is 260 g/mol. The SMILES string of the molecule is CCCCNC(=O)Cc1ccc(Cl)cc1Cl. The van der Waals surface area contributed by atoms with Crippen LogP contribution in [0.4, 0.5) is 0 Å². The van der Waals surface area contributed by atoms with Crippen LogP contribution in [0.3, 0.4) is 0 Å². The molecule has 1 aromatic rings. The summed E-state index contributed by atoms with van der Waals surface area (Å²) >= 11 is 11.7. The van der Waals surface area contributed by atoms with Crippen LogP contribution in [0.25, 0.3) is 0 Å². The molecule has 0 aliphatic carbocycles. The van der Waals surface area contributed by atoms with Crippen LogP contribution in [0.1, 0.15) is 25.3 Å². The number of hydrogen-bond acceptors (Lipinski definition) is 1. The first kappa shape index (κ1) is 13.3. The van der Waals surface area contributed by atoms with Gasteiger partial charge in [-0.2, -0.15) is 0 Å². The quantitative estimate of drug-likeness (QED) is 0.807. The molecule has 1 rings (SSSR count). The summed E-state index contributed by atoms with van der Waals surface area (Å²) in [6, 6.07) is 5.17. The molecule has 4 heteroatoms. The highest BCUT2D eigenvalue weighted by atomic mass is 35.5. The minimum absolute atomic E-state index is 0.00216. The predicted molar refractivity (Wildman–Crippen MR) is 68.1 cm³/mol. The largest absolute Gasteiger partial charge is 0.356 e. The van der Waals surface area contributed by atoms with Gasteiger partial charge in [-0.1, -0.05) is 42.6 Å². The monoisotopic (exact) mass is 259 g/mol. The molecule has 0 bridgehead atoms. The Labute approximate surface area is 106 Å². The van der Waals surface area contributed by atoms with Crippen LogP contribution in [0.2, 0.25) is 10.0 Å². The van der Waals surface area contributed by atoms with Crippen LogP contribution in [0.5, 0.6) is 0 Å². The van der Waals surface area contributed by atoms with E-state index < -0.39 is 0 Å². The molecular formula is C12H15Cl2NO. The standard InChI is InChI=1S/C12H15Cl2NO/c1-2-3-6-15-12(16)7-9-4-5-10(13)8-11(9)14/h4-5,8H,2-3,6-7H2,1H3,(H,15,16). The Morgan fingerprint density at radius 2 is 2.12 bits per heavy atom. The van der Waals surface area contributed by atoms with Crippen LogP contribution < -0.4 is 5.32 Å². The van der Waals surface area contributed by atoms with Gasteiger partial charge in [0, 0.05) is 16.6 Å². The summed E-state index contributed by atoms with van der Waals surface area (Å²) in [5, 5.41) is 3.97. The zero-order valence-electron chi connectivity index (χ0n) is 9.22. The van der Waals surface area contributed by atoms with E-state index >= 15 is 0 Å². The summed E-state index contributed by atoms with van der Waals surface area (Å²) in [4.78, 5) is 11.5. The second kappa shape index (κ2) is 6.77. The predicted octanol–water partition coefficient (Wildman–Crippen LogP) is 3.45. The molecule has 1 aromatic carbocycles. The maximum Gasteiger partial charge on any atom is 0.224 e. The Balaban J connectivity index is 2.49. The molecule has 0 radical (unpaired) electrons. The second-order valence-electron chi connectivity index (χ2n) is 3.62. The molecule has 0 unspecified atom stereocenters. The molecule has 1 amide bonds. The van der Waals surface area contributed by atoms with Gasteiger partial charge in [-0.15, -0.1) is 0 Å². The third kappa shape index (κ3) is 4.42. The van der Waals surface area contributed by atoms with Crippen molar-refractivity contribution in [2.75, 3.05) is 6.54 Å². The van der Waals surface area contributed by atoms with Gasteiger partial charge >= 0.3 is 0 Å². The number of unbranched alkanes of at least 4 members (excludes halogenated alkanes) is 1. The van der Waals surface area contributed by atoms with Gasteiger partial charge in [-0.05, 0) is 24.1 Å². The molecule has 0 spiro atoms. The van der Waals surface area contributed by atoms with E-state index in [-0.39, 0.29) is 5.91 Å². The molecule has 0 atom stereocenters.